The minimum absolute atomic E-state index is 0.588. The van der Waals surface area contributed by atoms with Gasteiger partial charge in [0.25, 0.3) is 0 Å². The molecule has 0 bridgehead atoms. The van der Waals surface area contributed by atoms with E-state index in [0.29, 0.717) is 13.1 Å². The maximum absolute atomic E-state index is 9.55. The second-order valence-corrected chi connectivity index (χ2v) is 4.25. The predicted octanol–water partition coefficient (Wildman–Crippen LogP) is 4.50. The molecule has 0 aliphatic rings. The Morgan fingerprint density at radius 1 is 0.722 bits per heavy atom. The van der Waals surface area contributed by atoms with Crippen molar-refractivity contribution < 1.29 is 5.21 Å². The summed E-state index contributed by atoms with van der Waals surface area (Å²) in [5, 5.41) is 10.9. The van der Waals surface area contributed by atoms with E-state index in [1.54, 1.807) is 0 Å². The molecule has 0 radical (unpaired) electrons. The van der Waals surface area contributed by atoms with Gasteiger partial charge in [-0.05, 0) is 38.5 Å². The van der Waals surface area contributed by atoms with Gasteiger partial charge in [-0.25, -0.2) is 0 Å². The molecule has 0 aromatic heterocycles. The van der Waals surface area contributed by atoms with Gasteiger partial charge in [0.2, 0.25) is 0 Å². The van der Waals surface area contributed by atoms with E-state index >= 15 is 0 Å². The first-order valence-corrected chi connectivity index (χ1v) is 6.77. The monoisotopic (exact) mass is 249 g/mol. The average Bonchev–Trinajstić information content (AvgIpc) is 2.38. The fraction of sp³-hybridized carbons (Fsp3) is 0.500. The maximum Gasteiger partial charge on any atom is 0.0422 e. The number of nitrogens with zero attached hydrogens (tertiary/aromatic N) is 1. The standard InChI is InChI=1S/C16H27NO/c1-3-5-7-9-11-13-15-17(18)16-14-12-10-8-6-4-2/h3-4,11-14,18H,1-2,5-10,15-16H2/b13-11+,14-12+. The number of allylic oxidation sites excluding steroid dienone is 4. The summed E-state index contributed by atoms with van der Waals surface area (Å²) >= 11 is 0. The molecule has 0 fully saturated rings. The maximum atomic E-state index is 9.55. The molecular formula is C16H27NO. The Bertz CT molecular complexity index is 230. The first-order valence-electron chi connectivity index (χ1n) is 6.77. The van der Waals surface area contributed by atoms with Crippen LogP contribution >= 0.6 is 0 Å². The molecular weight excluding hydrogens is 222 g/mol. The van der Waals surface area contributed by atoms with Crippen molar-refractivity contribution in [1.82, 2.24) is 5.06 Å². The van der Waals surface area contributed by atoms with E-state index in [2.05, 4.69) is 25.3 Å². The van der Waals surface area contributed by atoms with E-state index in [0.717, 1.165) is 38.5 Å². The third kappa shape index (κ3) is 12.9. The highest BCUT2D eigenvalue weighted by Crippen LogP contribution is 1.98. The summed E-state index contributed by atoms with van der Waals surface area (Å²) < 4.78 is 0. The quantitative estimate of drug-likeness (QED) is 0.313. The average molecular weight is 249 g/mol. The Morgan fingerprint density at radius 2 is 1.17 bits per heavy atom. The molecule has 0 rings (SSSR count). The van der Waals surface area contributed by atoms with Crippen LogP contribution in [0.2, 0.25) is 0 Å². The molecule has 0 aliphatic heterocycles. The first-order chi connectivity index (χ1) is 8.81. The van der Waals surface area contributed by atoms with Gasteiger partial charge in [0, 0.05) is 13.1 Å². The normalized spacial score (nSPS) is 11.7. The van der Waals surface area contributed by atoms with Gasteiger partial charge < -0.3 is 5.21 Å². The zero-order chi connectivity index (χ0) is 13.5. The predicted molar refractivity (Wildman–Crippen MR) is 79.7 cm³/mol. The molecule has 2 heteroatoms. The van der Waals surface area contributed by atoms with Crippen LogP contribution < -0.4 is 0 Å². The number of hydroxylamine groups is 2. The van der Waals surface area contributed by atoms with E-state index in [1.165, 1.54) is 5.06 Å². The number of hydrogen-bond acceptors (Lipinski definition) is 2. The van der Waals surface area contributed by atoms with Crippen molar-refractivity contribution in [1.29, 1.82) is 0 Å². The summed E-state index contributed by atoms with van der Waals surface area (Å²) in [5.74, 6) is 0. The van der Waals surface area contributed by atoms with Crippen LogP contribution in [0.15, 0.2) is 49.6 Å². The van der Waals surface area contributed by atoms with Gasteiger partial charge in [-0.2, -0.15) is 5.06 Å². The van der Waals surface area contributed by atoms with Crippen molar-refractivity contribution in [2.24, 2.45) is 0 Å². The smallest absolute Gasteiger partial charge is 0.0422 e. The minimum Gasteiger partial charge on any atom is -0.313 e. The molecule has 0 aromatic carbocycles. The molecule has 0 amide bonds. The van der Waals surface area contributed by atoms with Crippen molar-refractivity contribution in [3.05, 3.63) is 49.6 Å². The van der Waals surface area contributed by atoms with Crippen LogP contribution in [0.5, 0.6) is 0 Å². The van der Waals surface area contributed by atoms with Gasteiger partial charge in [-0.1, -0.05) is 36.5 Å². The van der Waals surface area contributed by atoms with Crippen LogP contribution in [0.1, 0.15) is 38.5 Å². The summed E-state index contributed by atoms with van der Waals surface area (Å²) in [4.78, 5) is 0. The lowest BCUT2D eigenvalue weighted by Gasteiger charge is -2.08. The van der Waals surface area contributed by atoms with Gasteiger partial charge in [0.1, 0.15) is 0 Å². The SMILES string of the molecule is C=CCCC/C=C/CN(O)C/C=C/CCCC=C. The van der Waals surface area contributed by atoms with Gasteiger partial charge in [-0.15, -0.1) is 13.2 Å². The number of rotatable bonds is 12. The number of hydrogen-bond donors (Lipinski definition) is 1. The molecule has 0 spiro atoms. The minimum atomic E-state index is 0.588. The van der Waals surface area contributed by atoms with Gasteiger partial charge >= 0.3 is 0 Å². The lowest BCUT2D eigenvalue weighted by Crippen LogP contribution is -2.18. The van der Waals surface area contributed by atoms with E-state index in [9.17, 15) is 5.21 Å². The van der Waals surface area contributed by atoms with E-state index in [-0.39, 0.29) is 0 Å². The Balaban J connectivity index is 3.43. The van der Waals surface area contributed by atoms with Gasteiger partial charge in [0.05, 0.1) is 0 Å². The Hall–Kier alpha value is -1.12. The molecule has 0 aliphatic carbocycles. The highest BCUT2D eigenvalue weighted by Gasteiger charge is 1.92. The fourth-order valence-corrected chi connectivity index (χ4v) is 1.46. The summed E-state index contributed by atoms with van der Waals surface area (Å²) in [6.07, 6.45) is 18.6. The lowest BCUT2D eigenvalue weighted by atomic mass is 10.2. The van der Waals surface area contributed by atoms with Crippen LogP contribution in [0.3, 0.4) is 0 Å². The van der Waals surface area contributed by atoms with Crippen molar-refractivity contribution in [3.8, 4) is 0 Å². The number of unbranched alkanes of at least 4 members (excludes halogenated alkanes) is 4. The molecule has 0 saturated carbocycles. The van der Waals surface area contributed by atoms with Crippen LogP contribution in [-0.4, -0.2) is 23.4 Å². The van der Waals surface area contributed by atoms with Crippen LogP contribution in [0.25, 0.3) is 0 Å². The third-order valence-electron chi connectivity index (χ3n) is 2.52. The fourth-order valence-electron chi connectivity index (χ4n) is 1.46. The van der Waals surface area contributed by atoms with Crippen molar-refractivity contribution in [2.75, 3.05) is 13.1 Å². The Kier molecular flexibility index (Phi) is 13.1. The molecule has 0 saturated heterocycles. The Morgan fingerprint density at radius 3 is 1.56 bits per heavy atom. The second-order valence-electron chi connectivity index (χ2n) is 4.25. The zero-order valence-electron chi connectivity index (χ0n) is 11.4. The second kappa shape index (κ2) is 13.9. The van der Waals surface area contributed by atoms with Gasteiger partial charge in [0.15, 0.2) is 0 Å². The summed E-state index contributed by atoms with van der Waals surface area (Å²) in [6, 6.07) is 0. The van der Waals surface area contributed by atoms with Gasteiger partial charge in [-0.3, -0.25) is 0 Å². The Labute approximate surface area is 112 Å². The summed E-state index contributed by atoms with van der Waals surface area (Å²) in [6.45, 7) is 8.54. The van der Waals surface area contributed by atoms with E-state index in [1.807, 2.05) is 24.3 Å². The molecule has 102 valence electrons. The zero-order valence-corrected chi connectivity index (χ0v) is 11.4. The van der Waals surface area contributed by atoms with E-state index < -0.39 is 0 Å². The molecule has 0 aromatic rings. The van der Waals surface area contributed by atoms with Crippen LogP contribution in [0.4, 0.5) is 0 Å². The van der Waals surface area contributed by atoms with Crippen molar-refractivity contribution >= 4 is 0 Å². The summed E-state index contributed by atoms with van der Waals surface area (Å²) in [5.41, 5.74) is 0. The first kappa shape index (κ1) is 16.9. The molecule has 1 N–H and O–H groups in total. The van der Waals surface area contributed by atoms with Crippen molar-refractivity contribution in [3.63, 3.8) is 0 Å². The summed E-state index contributed by atoms with van der Waals surface area (Å²) in [7, 11) is 0. The van der Waals surface area contributed by atoms with Crippen LogP contribution in [-0.2, 0) is 0 Å². The highest BCUT2D eigenvalue weighted by molar-refractivity contribution is 4.88. The largest absolute Gasteiger partial charge is 0.313 e. The van der Waals surface area contributed by atoms with E-state index in [4.69, 9.17) is 0 Å². The molecule has 0 heterocycles. The van der Waals surface area contributed by atoms with Crippen LogP contribution in [0, 0.1) is 0 Å². The molecule has 18 heavy (non-hydrogen) atoms. The van der Waals surface area contributed by atoms with Crippen molar-refractivity contribution in [2.45, 2.75) is 38.5 Å². The topological polar surface area (TPSA) is 23.5 Å². The highest BCUT2D eigenvalue weighted by atomic mass is 16.5. The molecule has 2 nitrogen and oxygen atoms in total. The third-order valence-corrected chi connectivity index (χ3v) is 2.52. The molecule has 0 unspecified atom stereocenters. The lowest BCUT2D eigenvalue weighted by molar-refractivity contribution is -0.0693. The molecule has 0 atom stereocenters.